The Balaban J connectivity index is 1.45. The second kappa shape index (κ2) is 5.79. The summed E-state index contributed by atoms with van der Waals surface area (Å²) in [5, 5.41) is 1.28. The molecule has 0 saturated carbocycles. The lowest BCUT2D eigenvalue weighted by Gasteiger charge is -2.30. The second-order valence-electron chi connectivity index (χ2n) is 5.26. The zero-order valence-corrected chi connectivity index (χ0v) is 13.2. The maximum atomic E-state index is 4.39. The Labute approximate surface area is 131 Å². The first-order valence-corrected chi connectivity index (χ1v) is 8.79. The minimum atomic E-state index is 0.640. The molecule has 0 radical (unpaired) electrons. The second-order valence-corrected chi connectivity index (χ2v) is 7.54. The summed E-state index contributed by atoms with van der Waals surface area (Å²) >= 11 is 3.56. The highest BCUT2D eigenvalue weighted by atomic mass is 32.2. The average Bonchev–Trinajstić information content (AvgIpc) is 3.17. The minimum Gasteiger partial charge on any atom is -0.346 e. The molecule has 4 rings (SSSR count). The number of fused-ring (bicyclic) bond motifs is 1. The van der Waals surface area contributed by atoms with Gasteiger partial charge in [-0.2, -0.15) is 0 Å². The van der Waals surface area contributed by atoms with E-state index in [0.29, 0.717) is 5.92 Å². The molecular weight excluding hydrogens is 300 g/mol. The SMILES string of the molecule is c1cnc2[nH]cc(C3CCN(Sc4cncs4)CC3)c2c1. The van der Waals surface area contributed by atoms with Crippen molar-refractivity contribution in [1.29, 1.82) is 0 Å². The predicted octanol–water partition coefficient (Wildman–Crippen LogP) is 3.91. The van der Waals surface area contributed by atoms with Crippen LogP contribution in [0.4, 0.5) is 0 Å². The average molecular weight is 316 g/mol. The van der Waals surface area contributed by atoms with Crippen molar-refractivity contribution in [3.05, 3.63) is 41.8 Å². The highest BCUT2D eigenvalue weighted by Crippen LogP contribution is 2.36. The van der Waals surface area contributed by atoms with Crippen LogP contribution in [0.25, 0.3) is 11.0 Å². The van der Waals surface area contributed by atoms with E-state index < -0.39 is 0 Å². The molecule has 0 amide bonds. The van der Waals surface area contributed by atoms with Crippen molar-refractivity contribution >= 4 is 34.3 Å². The Morgan fingerprint density at radius 2 is 2.24 bits per heavy atom. The molecule has 1 fully saturated rings. The van der Waals surface area contributed by atoms with Gasteiger partial charge in [0.25, 0.3) is 0 Å². The first-order chi connectivity index (χ1) is 10.4. The summed E-state index contributed by atoms with van der Waals surface area (Å²) < 4.78 is 3.74. The summed E-state index contributed by atoms with van der Waals surface area (Å²) in [4.78, 5) is 11.8. The quantitative estimate of drug-likeness (QED) is 0.744. The van der Waals surface area contributed by atoms with Crippen LogP contribution in [-0.4, -0.2) is 32.3 Å². The molecule has 1 aliphatic rings. The molecule has 1 aliphatic heterocycles. The van der Waals surface area contributed by atoms with Crippen LogP contribution in [0.3, 0.4) is 0 Å². The third kappa shape index (κ3) is 2.71. The normalized spacial score (nSPS) is 17.5. The van der Waals surface area contributed by atoms with Crippen LogP contribution in [0.5, 0.6) is 0 Å². The molecule has 0 atom stereocenters. The number of thiazole rings is 1. The summed E-state index contributed by atoms with van der Waals surface area (Å²) in [6.07, 6.45) is 8.35. The third-order valence-corrected chi connectivity index (χ3v) is 5.99. The minimum absolute atomic E-state index is 0.640. The summed E-state index contributed by atoms with van der Waals surface area (Å²) in [6, 6.07) is 4.20. The van der Waals surface area contributed by atoms with Gasteiger partial charge in [-0.05, 0) is 48.4 Å². The van der Waals surface area contributed by atoms with Gasteiger partial charge in [0.05, 0.1) is 15.9 Å². The van der Waals surface area contributed by atoms with E-state index >= 15 is 0 Å². The van der Waals surface area contributed by atoms with Crippen LogP contribution in [0, 0.1) is 0 Å². The molecule has 0 aromatic carbocycles. The predicted molar refractivity (Wildman–Crippen MR) is 87.6 cm³/mol. The van der Waals surface area contributed by atoms with Crippen molar-refractivity contribution in [1.82, 2.24) is 19.3 Å². The monoisotopic (exact) mass is 316 g/mol. The molecule has 0 spiro atoms. The molecule has 4 nitrogen and oxygen atoms in total. The highest BCUT2D eigenvalue weighted by molar-refractivity contribution is 7.98. The van der Waals surface area contributed by atoms with Crippen LogP contribution in [0.2, 0.25) is 0 Å². The van der Waals surface area contributed by atoms with E-state index in [4.69, 9.17) is 0 Å². The number of aromatic nitrogens is 3. The van der Waals surface area contributed by atoms with Crippen LogP contribution in [0.1, 0.15) is 24.3 Å². The fourth-order valence-electron chi connectivity index (χ4n) is 2.95. The number of hydrogen-bond donors (Lipinski definition) is 1. The number of hydrogen-bond acceptors (Lipinski definition) is 5. The first-order valence-electron chi connectivity index (χ1n) is 7.13. The number of aromatic amines is 1. The molecule has 0 bridgehead atoms. The van der Waals surface area contributed by atoms with E-state index in [9.17, 15) is 0 Å². The molecule has 0 unspecified atom stereocenters. The van der Waals surface area contributed by atoms with Crippen molar-refractivity contribution in [3.8, 4) is 0 Å². The van der Waals surface area contributed by atoms with Crippen molar-refractivity contribution in [3.63, 3.8) is 0 Å². The molecular formula is C15H16N4S2. The Hall–Kier alpha value is -1.37. The van der Waals surface area contributed by atoms with Gasteiger partial charge in [-0.15, -0.1) is 11.3 Å². The van der Waals surface area contributed by atoms with Gasteiger partial charge in [-0.25, -0.2) is 9.29 Å². The van der Waals surface area contributed by atoms with Crippen molar-refractivity contribution < 1.29 is 0 Å². The molecule has 21 heavy (non-hydrogen) atoms. The number of nitrogens with one attached hydrogen (secondary N) is 1. The topological polar surface area (TPSA) is 44.8 Å². The van der Waals surface area contributed by atoms with E-state index in [1.165, 1.54) is 28.0 Å². The van der Waals surface area contributed by atoms with Gasteiger partial charge < -0.3 is 4.98 Å². The summed E-state index contributed by atoms with van der Waals surface area (Å²) in [7, 11) is 0. The van der Waals surface area contributed by atoms with Gasteiger partial charge in [0.2, 0.25) is 0 Å². The number of H-pyrrole nitrogens is 1. The maximum absolute atomic E-state index is 4.39. The largest absolute Gasteiger partial charge is 0.346 e. The molecule has 1 N–H and O–H groups in total. The van der Waals surface area contributed by atoms with E-state index in [1.807, 2.05) is 35.9 Å². The van der Waals surface area contributed by atoms with Crippen molar-refractivity contribution in [2.45, 2.75) is 23.0 Å². The number of rotatable bonds is 3. The van der Waals surface area contributed by atoms with E-state index in [-0.39, 0.29) is 0 Å². The van der Waals surface area contributed by atoms with Crippen LogP contribution < -0.4 is 0 Å². The maximum Gasteiger partial charge on any atom is 0.137 e. The molecule has 3 aromatic rings. The zero-order valence-electron chi connectivity index (χ0n) is 11.5. The lowest BCUT2D eigenvalue weighted by Crippen LogP contribution is -2.27. The lowest BCUT2D eigenvalue weighted by molar-refractivity contribution is 0.347. The Morgan fingerprint density at radius 1 is 1.33 bits per heavy atom. The van der Waals surface area contributed by atoms with E-state index in [2.05, 4.69) is 31.5 Å². The fraction of sp³-hybridized carbons (Fsp3) is 0.333. The van der Waals surface area contributed by atoms with Crippen LogP contribution in [-0.2, 0) is 0 Å². The van der Waals surface area contributed by atoms with Gasteiger partial charge in [0.1, 0.15) is 5.65 Å². The molecule has 4 heterocycles. The van der Waals surface area contributed by atoms with Crippen LogP contribution in [0.15, 0.2) is 40.4 Å². The Morgan fingerprint density at radius 3 is 3.05 bits per heavy atom. The molecule has 3 aromatic heterocycles. The van der Waals surface area contributed by atoms with Crippen LogP contribution >= 0.6 is 23.3 Å². The summed E-state index contributed by atoms with van der Waals surface area (Å²) in [5.74, 6) is 0.640. The lowest BCUT2D eigenvalue weighted by atomic mass is 9.90. The molecule has 6 heteroatoms. The zero-order chi connectivity index (χ0) is 14.1. The smallest absolute Gasteiger partial charge is 0.137 e. The van der Waals surface area contributed by atoms with Gasteiger partial charge in [0.15, 0.2) is 0 Å². The molecule has 1 saturated heterocycles. The fourth-order valence-corrected chi connectivity index (χ4v) is 4.67. The van der Waals surface area contributed by atoms with Gasteiger partial charge >= 0.3 is 0 Å². The first kappa shape index (κ1) is 13.3. The number of piperidine rings is 1. The molecule has 108 valence electrons. The molecule has 0 aliphatic carbocycles. The third-order valence-electron chi connectivity index (χ3n) is 4.01. The van der Waals surface area contributed by atoms with Gasteiger partial charge in [-0.1, -0.05) is 0 Å². The van der Waals surface area contributed by atoms with E-state index in [0.717, 1.165) is 18.7 Å². The Bertz CT molecular complexity index is 714. The van der Waals surface area contributed by atoms with Crippen molar-refractivity contribution in [2.24, 2.45) is 0 Å². The van der Waals surface area contributed by atoms with Gasteiger partial charge in [0, 0.05) is 30.9 Å². The summed E-state index contributed by atoms with van der Waals surface area (Å²) in [5.41, 5.74) is 4.34. The van der Waals surface area contributed by atoms with Gasteiger partial charge in [-0.3, -0.25) is 4.98 Å². The van der Waals surface area contributed by atoms with Crippen molar-refractivity contribution in [2.75, 3.05) is 13.1 Å². The highest BCUT2D eigenvalue weighted by Gasteiger charge is 2.23. The van der Waals surface area contributed by atoms with E-state index in [1.54, 1.807) is 11.3 Å². The standard InChI is InChI=1S/C15H16N4S2/c1-2-12-13(8-18-15(12)17-5-1)11-3-6-19(7-4-11)21-14-9-16-10-20-14/h1-2,5,8-11H,3-4,6-7H2,(H,17,18). The number of nitrogens with zero attached hydrogens (tertiary/aromatic N) is 3. The number of pyridine rings is 1. The Kier molecular flexibility index (Phi) is 3.67. The summed E-state index contributed by atoms with van der Waals surface area (Å²) in [6.45, 7) is 2.25.